The molecule has 26 heavy (non-hydrogen) atoms. The fraction of sp³-hybridized carbons (Fsp3) is 0.294. The van der Waals surface area contributed by atoms with Gasteiger partial charge in [0.2, 0.25) is 10.0 Å². The van der Waals surface area contributed by atoms with Crippen LogP contribution in [0.2, 0.25) is 15.1 Å². The van der Waals surface area contributed by atoms with Gasteiger partial charge in [-0.05, 0) is 24.3 Å². The summed E-state index contributed by atoms with van der Waals surface area (Å²) in [6, 6.07) is 9.88. The highest BCUT2D eigenvalue weighted by Crippen LogP contribution is 2.34. The van der Waals surface area contributed by atoms with Crippen LogP contribution >= 0.6 is 34.8 Å². The van der Waals surface area contributed by atoms with Crippen LogP contribution < -0.4 is 9.64 Å². The van der Waals surface area contributed by atoms with Crippen molar-refractivity contribution in [3.63, 3.8) is 0 Å². The van der Waals surface area contributed by atoms with Crippen molar-refractivity contribution in [2.45, 2.75) is 4.90 Å². The molecule has 3 rings (SSSR count). The molecule has 0 spiro atoms. The van der Waals surface area contributed by atoms with Crippen molar-refractivity contribution in [1.82, 2.24) is 4.31 Å². The van der Waals surface area contributed by atoms with Gasteiger partial charge in [0.15, 0.2) is 0 Å². The second kappa shape index (κ2) is 7.82. The maximum Gasteiger partial charge on any atom is 0.243 e. The van der Waals surface area contributed by atoms with Crippen LogP contribution in [0.15, 0.2) is 41.3 Å². The second-order valence-corrected chi connectivity index (χ2v) is 8.89. The number of nitrogens with zero attached hydrogens (tertiary/aromatic N) is 2. The van der Waals surface area contributed by atoms with E-state index in [9.17, 15) is 8.42 Å². The molecule has 0 unspecified atom stereocenters. The predicted octanol–water partition coefficient (Wildman–Crippen LogP) is 4.17. The lowest BCUT2D eigenvalue weighted by Crippen LogP contribution is -2.48. The summed E-state index contributed by atoms with van der Waals surface area (Å²) in [4.78, 5) is 2.19. The zero-order valence-corrected chi connectivity index (χ0v) is 17.0. The second-order valence-electron chi connectivity index (χ2n) is 5.76. The molecule has 1 aliphatic rings. The van der Waals surface area contributed by atoms with Gasteiger partial charge in [0.25, 0.3) is 0 Å². The molecule has 9 heteroatoms. The van der Waals surface area contributed by atoms with Gasteiger partial charge in [-0.3, -0.25) is 0 Å². The minimum Gasteiger partial charge on any atom is -0.495 e. The smallest absolute Gasteiger partial charge is 0.243 e. The lowest BCUT2D eigenvalue weighted by molar-refractivity contribution is 0.383. The number of methoxy groups -OCH3 is 1. The standard InChI is InChI=1S/C17H17Cl3N2O3S/c1-25-16-11-12(5-6-13(16)18)26(23,24)22-9-7-21(8-10-22)15-4-2-3-14(19)17(15)20/h2-6,11H,7-10H2,1H3. The topological polar surface area (TPSA) is 49.9 Å². The SMILES string of the molecule is COc1cc(S(=O)(=O)N2CCN(c3cccc(Cl)c3Cl)CC2)ccc1Cl. The highest BCUT2D eigenvalue weighted by molar-refractivity contribution is 7.89. The maximum absolute atomic E-state index is 12.9. The molecule has 5 nitrogen and oxygen atoms in total. The zero-order chi connectivity index (χ0) is 18.9. The van der Waals surface area contributed by atoms with Crippen LogP contribution in [0.5, 0.6) is 5.75 Å². The fourth-order valence-corrected chi connectivity index (χ4v) is 4.90. The highest BCUT2D eigenvalue weighted by atomic mass is 35.5. The van der Waals surface area contributed by atoms with E-state index in [0.717, 1.165) is 5.69 Å². The van der Waals surface area contributed by atoms with E-state index in [1.807, 2.05) is 17.0 Å². The first kappa shape index (κ1) is 19.6. The van der Waals surface area contributed by atoms with Crippen molar-refractivity contribution in [3.05, 3.63) is 51.5 Å². The largest absolute Gasteiger partial charge is 0.495 e. The van der Waals surface area contributed by atoms with Gasteiger partial charge in [-0.25, -0.2) is 8.42 Å². The van der Waals surface area contributed by atoms with E-state index in [-0.39, 0.29) is 4.90 Å². The molecular weight excluding hydrogens is 419 g/mol. The summed E-state index contributed by atoms with van der Waals surface area (Å²) < 4.78 is 32.4. The lowest BCUT2D eigenvalue weighted by atomic mass is 10.2. The van der Waals surface area contributed by atoms with Crippen LogP contribution in [-0.4, -0.2) is 46.0 Å². The summed E-state index contributed by atoms with van der Waals surface area (Å²) in [5.41, 5.74) is 0.810. The van der Waals surface area contributed by atoms with Crippen molar-refractivity contribution in [1.29, 1.82) is 0 Å². The molecule has 1 heterocycles. The van der Waals surface area contributed by atoms with Crippen LogP contribution in [0.4, 0.5) is 5.69 Å². The normalized spacial score (nSPS) is 15.9. The molecule has 1 aliphatic heterocycles. The van der Waals surface area contributed by atoms with Gasteiger partial charge in [-0.2, -0.15) is 4.31 Å². The Labute approximate surface area is 168 Å². The molecule has 0 N–H and O–H groups in total. The molecule has 0 aliphatic carbocycles. The minimum absolute atomic E-state index is 0.160. The monoisotopic (exact) mass is 434 g/mol. The molecule has 1 fully saturated rings. The average Bonchev–Trinajstić information content (AvgIpc) is 2.64. The number of rotatable bonds is 4. The average molecular weight is 436 g/mol. The summed E-state index contributed by atoms with van der Waals surface area (Å²) in [7, 11) is -2.18. The molecule has 1 saturated heterocycles. The molecule has 0 radical (unpaired) electrons. The molecule has 0 saturated carbocycles. The van der Waals surface area contributed by atoms with Crippen molar-refractivity contribution in [2.75, 3.05) is 38.2 Å². The van der Waals surface area contributed by atoms with Gasteiger partial charge < -0.3 is 9.64 Å². The van der Waals surface area contributed by atoms with E-state index in [1.54, 1.807) is 6.07 Å². The quantitative estimate of drug-likeness (QED) is 0.723. The Kier molecular flexibility index (Phi) is 5.89. The number of hydrogen-bond acceptors (Lipinski definition) is 4. The van der Waals surface area contributed by atoms with Crippen LogP contribution in [0, 0.1) is 0 Å². The zero-order valence-electron chi connectivity index (χ0n) is 14.0. The molecule has 2 aromatic rings. The Bertz CT molecular complexity index is 913. The number of sulfonamides is 1. The van der Waals surface area contributed by atoms with E-state index in [2.05, 4.69) is 0 Å². The Balaban J connectivity index is 1.78. The molecule has 0 aromatic heterocycles. The van der Waals surface area contributed by atoms with Crippen molar-refractivity contribution >= 4 is 50.5 Å². The van der Waals surface area contributed by atoms with E-state index in [4.69, 9.17) is 39.5 Å². The van der Waals surface area contributed by atoms with Gasteiger partial charge >= 0.3 is 0 Å². The predicted molar refractivity (Wildman–Crippen MR) is 105 cm³/mol. The van der Waals surface area contributed by atoms with Crippen LogP contribution in [0.25, 0.3) is 0 Å². The highest BCUT2D eigenvalue weighted by Gasteiger charge is 2.29. The van der Waals surface area contributed by atoms with Crippen LogP contribution in [-0.2, 0) is 10.0 Å². The number of ether oxygens (including phenoxy) is 1. The Morgan fingerprint density at radius 1 is 0.962 bits per heavy atom. The third-order valence-corrected chi connectivity index (χ3v) is 7.29. The molecule has 0 atom stereocenters. The molecule has 2 aromatic carbocycles. The van der Waals surface area contributed by atoms with Gasteiger partial charge in [0.1, 0.15) is 5.75 Å². The van der Waals surface area contributed by atoms with E-state index in [0.29, 0.717) is 47.0 Å². The number of hydrogen-bond donors (Lipinski definition) is 0. The third-order valence-electron chi connectivity index (χ3n) is 4.27. The summed E-state index contributed by atoms with van der Waals surface area (Å²) in [6.45, 7) is 1.72. The van der Waals surface area contributed by atoms with E-state index >= 15 is 0 Å². The first-order valence-electron chi connectivity index (χ1n) is 7.87. The summed E-state index contributed by atoms with van der Waals surface area (Å²) in [6.07, 6.45) is 0. The number of piperazine rings is 1. The van der Waals surface area contributed by atoms with Crippen LogP contribution in [0.3, 0.4) is 0 Å². The van der Waals surface area contributed by atoms with Crippen molar-refractivity contribution in [3.8, 4) is 5.75 Å². The Hall–Kier alpha value is -1.18. The fourth-order valence-electron chi connectivity index (χ4n) is 2.86. The number of anilines is 1. The van der Waals surface area contributed by atoms with Gasteiger partial charge in [-0.1, -0.05) is 40.9 Å². The molecule has 0 bridgehead atoms. The summed E-state index contributed by atoms with van der Waals surface area (Å²) in [5.74, 6) is 0.331. The van der Waals surface area contributed by atoms with E-state index in [1.165, 1.54) is 29.6 Å². The maximum atomic E-state index is 12.9. The Morgan fingerprint density at radius 2 is 1.65 bits per heavy atom. The van der Waals surface area contributed by atoms with Gasteiger partial charge in [0.05, 0.1) is 32.8 Å². The summed E-state index contributed by atoms with van der Waals surface area (Å²) in [5, 5.41) is 1.33. The lowest BCUT2D eigenvalue weighted by Gasteiger charge is -2.35. The first-order valence-corrected chi connectivity index (χ1v) is 10.4. The van der Waals surface area contributed by atoms with Crippen LogP contribution in [0.1, 0.15) is 0 Å². The molecule has 140 valence electrons. The third kappa shape index (κ3) is 3.75. The van der Waals surface area contributed by atoms with Gasteiger partial charge in [-0.15, -0.1) is 0 Å². The summed E-state index contributed by atoms with van der Waals surface area (Å²) >= 11 is 18.3. The Morgan fingerprint density at radius 3 is 2.31 bits per heavy atom. The minimum atomic E-state index is -3.63. The molecular formula is C17H17Cl3N2O3S. The number of halogens is 3. The molecule has 0 amide bonds. The first-order chi connectivity index (χ1) is 12.3. The van der Waals surface area contributed by atoms with Gasteiger partial charge in [0, 0.05) is 32.2 Å². The van der Waals surface area contributed by atoms with Crippen molar-refractivity contribution < 1.29 is 13.2 Å². The van der Waals surface area contributed by atoms with E-state index < -0.39 is 10.0 Å². The van der Waals surface area contributed by atoms with Crippen molar-refractivity contribution in [2.24, 2.45) is 0 Å². The number of benzene rings is 2.